The SMILES string of the molecule is CC(C)(C)Nc1ccc2c(c1)CC(=O)N2.CC(C)(C)Nc1cccc(-c2cnco2)c1. The fraction of sp³-hybridized carbons (Fsp3) is 0.360. The maximum absolute atomic E-state index is 11.2. The maximum atomic E-state index is 11.2. The monoisotopic (exact) mass is 420 g/mol. The van der Waals surface area contributed by atoms with Crippen LogP contribution in [-0.4, -0.2) is 22.0 Å². The molecule has 1 aliphatic rings. The first-order valence-corrected chi connectivity index (χ1v) is 10.5. The molecule has 0 atom stereocenters. The summed E-state index contributed by atoms with van der Waals surface area (Å²) in [4.78, 5) is 15.1. The second kappa shape index (κ2) is 8.84. The molecule has 3 N–H and O–H groups in total. The molecule has 6 nitrogen and oxygen atoms in total. The van der Waals surface area contributed by atoms with Crippen molar-refractivity contribution in [3.05, 3.63) is 60.6 Å². The molecule has 2 aromatic carbocycles. The average molecular weight is 421 g/mol. The molecule has 0 saturated carbocycles. The number of benzene rings is 2. The number of rotatable bonds is 3. The van der Waals surface area contributed by atoms with E-state index >= 15 is 0 Å². The molecule has 0 aliphatic carbocycles. The number of amides is 1. The number of hydrogen-bond acceptors (Lipinski definition) is 5. The van der Waals surface area contributed by atoms with Crippen LogP contribution in [-0.2, 0) is 11.2 Å². The maximum Gasteiger partial charge on any atom is 0.228 e. The van der Waals surface area contributed by atoms with E-state index in [1.165, 1.54) is 6.39 Å². The lowest BCUT2D eigenvalue weighted by atomic mass is 10.1. The number of fused-ring (bicyclic) bond motifs is 1. The van der Waals surface area contributed by atoms with Gasteiger partial charge in [0.1, 0.15) is 0 Å². The van der Waals surface area contributed by atoms with Gasteiger partial charge in [-0.2, -0.15) is 0 Å². The van der Waals surface area contributed by atoms with Crippen LogP contribution in [0.1, 0.15) is 47.1 Å². The Bertz CT molecular complexity index is 1030. The number of anilines is 3. The zero-order valence-electron chi connectivity index (χ0n) is 19.2. The summed E-state index contributed by atoms with van der Waals surface area (Å²) in [5, 5.41) is 9.63. The summed E-state index contributed by atoms with van der Waals surface area (Å²) in [5.41, 5.74) is 5.31. The Morgan fingerprint density at radius 1 is 0.935 bits per heavy atom. The van der Waals surface area contributed by atoms with Gasteiger partial charge in [-0.05, 0) is 77.4 Å². The molecule has 31 heavy (non-hydrogen) atoms. The number of nitrogens with zero attached hydrogens (tertiary/aromatic N) is 1. The Morgan fingerprint density at radius 2 is 1.61 bits per heavy atom. The van der Waals surface area contributed by atoms with Crippen LogP contribution in [0.3, 0.4) is 0 Å². The minimum atomic E-state index is 0.0459. The van der Waals surface area contributed by atoms with Crippen molar-refractivity contribution in [3.63, 3.8) is 0 Å². The third kappa shape index (κ3) is 6.88. The van der Waals surface area contributed by atoms with E-state index in [1.54, 1.807) is 6.20 Å². The van der Waals surface area contributed by atoms with E-state index in [0.29, 0.717) is 6.42 Å². The molecular formula is C25H32N4O2. The van der Waals surface area contributed by atoms with Crippen LogP contribution >= 0.6 is 0 Å². The van der Waals surface area contributed by atoms with Gasteiger partial charge in [-0.1, -0.05) is 12.1 Å². The highest BCUT2D eigenvalue weighted by molar-refractivity contribution is 5.99. The first-order chi connectivity index (χ1) is 14.5. The highest BCUT2D eigenvalue weighted by Gasteiger charge is 2.18. The lowest BCUT2D eigenvalue weighted by molar-refractivity contribution is -0.115. The second-order valence-corrected chi connectivity index (χ2v) is 9.79. The number of aromatic nitrogens is 1. The lowest BCUT2D eigenvalue weighted by Gasteiger charge is -2.22. The van der Waals surface area contributed by atoms with Crippen molar-refractivity contribution in [1.29, 1.82) is 0 Å². The average Bonchev–Trinajstić information content (AvgIpc) is 3.28. The van der Waals surface area contributed by atoms with Gasteiger partial charge in [0.2, 0.25) is 5.91 Å². The lowest BCUT2D eigenvalue weighted by Crippen LogP contribution is -2.25. The first-order valence-electron chi connectivity index (χ1n) is 10.5. The summed E-state index contributed by atoms with van der Waals surface area (Å²) >= 11 is 0. The molecule has 0 saturated heterocycles. The van der Waals surface area contributed by atoms with Crippen molar-refractivity contribution >= 4 is 23.0 Å². The van der Waals surface area contributed by atoms with E-state index < -0.39 is 0 Å². The highest BCUT2D eigenvalue weighted by Crippen LogP contribution is 2.27. The van der Waals surface area contributed by atoms with Crippen molar-refractivity contribution < 1.29 is 9.21 Å². The van der Waals surface area contributed by atoms with Gasteiger partial charge < -0.3 is 20.4 Å². The molecule has 6 heteroatoms. The van der Waals surface area contributed by atoms with Gasteiger partial charge in [0.05, 0.1) is 12.6 Å². The van der Waals surface area contributed by atoms with Crippen molar-refractivity contribution in [2.24, 2.45) is 0 Å². The van der Waals surface area contributed by atoms with Crippen molar-refractivity contribution in [2.45, 2.75) is 59.0 Å². The van der Waals surface area contributed by atoms with E-state index in [9.17, 15) is 4.79 Å². The molecule has 0 fully saturated rings. The summed E-state index contributed by atoms with van der Waals surface area (Å²) < 4.78 is 5.27. The molecule has 2 heterocycles. The highest BCUT2D eigenvalue weighted by atomic mass is 16.3. The van der Waals surface area contributed by atoms with Crippen molar-refractivity contribution in [1.82, 2.24) is 4.98 Å². The van der Waals surface area contributed by atoms with Crippen LogP contribution in [0.5, 0.6) is 0 Å². The molecule has 1 aliphatic heterocycles. The Hall–Kier alpha value is -3.28. The van der Waals surface area contributed by atoms with Crippen molar-refractivity contribution in [3.8, 4) is 11.3 Å². The van der Waals surface area contributed by atoms with E-state index in [0.717, 1.165) is 33.9 Å². The third-order valence-electron chi connectivity index (χ3n) is 4.35. The number of nitrogens with one attached hydrogen (secondary N) is 3. The fourth-order valence-electron chi connectivity index (χ4n) is 3.28. The number of carbonyl (C=O) groups is 1. The van der Waals surface area contributed by atoms with Crippen LogP contribution in [0.2, 0.25) is 0 Å². The van der Waals surface area contributed by atoms with Crippen LogP contribution < -0.4 is 16.0 Å². The summed E-state index contributed by atoms with van der Waals surface area (Å²) in [5.74, 6) is 0.871. The first kappa shape index (κ1) is 22.4. The van der Waals surface area contributed by atoms with E-state index in [1.807, 2.05) is 36.4 Å². The molecule has 1 aromatic heterocycles. The van der Waals surface area contributed by atoms with Gasteiger partial charge in [-0.25, -0.2) is 4.98 Å². The largest absolute Gasteiger partial charge is 0.444 e. The number of hydrogen-bond donors (Lipinski definition) is 3. The molecule has 164 valence electrons. The Morgan fingerprint density at radius 3 is 2.23 bits per heavy atom. The molecular weight excluding hydrogens is 388 g/mol. The van der Waals surface area contributed by atoms with Crippen LogP contribution in [0.15, 0.2) is 59.5 Å². The standard InChI is InChI=1S/C13H16N2O.C12H16N2O/c1-13(2,3)15-11-6-4-5-10(7-11)12-8-14-9-16-12;1-12(2,3)14-9-4-5-10-8(6-9)7-11(15)13-10/h4-9,15H,1-3H3;4-6,14H,7H2,1-3H3,(H,13,15). The predicted molar refractivity (Wildman–Crippen MR) is 127 cm³/mol. The van der Waals surface area contributed by atoms with E-state index in [2.05, 4.69) is 68.5 Å². The topological polar surface area (TPSA) is 79.2 Å². The number of carbonyl (C=O) groups excluding carboxylic acids is 1. The summed E-state index contributed by atoms with van der Waals surface area (Å²) in [6.07, 6.45) is 3.66. The Kier molecular flexibility index (Phi) is 6.39. The van der Waals surface area contributed by atoms with Crippen LogP contribution in [0.25, 0.3) is 11.3 Å². The van der Waals surface area contributed by atoms with Crippen molar-refractivity contribution in [2.75, 3.05) is 16.0 Å². The number of oxazole rings is 1. The fourth-order valence-corrected chi connectivity index (χ4v) is 3.28. The molecule has 0 unspecified atom stereocenters. The van der Waals surface area contributed by atoms with Gasteiger partial charge in [-0.15, -0.1) is 0 Å². The summed E-state index contributed by atoms with van der Waals surface area (Å²) in [6, 6.07) is 14.1. The Balaban J connectivity index is 0.000000176. The minimum Gasteiger partial charge on any atom is -0.444 e. The van der Waals surface area contributed by atoms with Gasteiger partial charge in [0.15, 0.2) is 12.2 Å². The molecule has 0 spiro atoms. The quantitative estimate of drug-likeness (QED) is 0.488. The molecule has 4 rings (SSSR count). The second-order valence-electron chi connectivity index (χ2n) is 9.79. The molecule has 0 radical (unpaired) electrons. The minimum absolute atomic E-state index is 0.0459. The summed E-state index contributed by atoms with van der Waals surface area (Å²) in [7, 11) is 0. The van der Waals surface area contributed by atoms with Gasteiger partial charge in [-0.3, -0.25) is 4.79 Å². The predicted octanol–water partition coefficient (Wildman–Crippen LogP) is 5.94. The van der Waals surface area contributed by atoms with Gasteiger partial charge in [0, 0.05) is 33.7 Å². The zero-order valence-corrected chi connectivity index (χ0v) is 19.2. The van der Waals surface area contributed by atoms with Gasteiger partial charge >= 0.3 is 0 Å². The Labute approximate surface area is 184 Å². The van der Waals surface area contributed by atoms with Gasteiger partial charge in [0.25, 0.3) is 0 Å². The van der Waals surface area contributed by atoms with E-state index in [4.69, 9.17) is 4.42 Å². The van der Waals surface area contributed by atoms with E-state index in [-0.39, 0.29) is 17.0 Å². The summed E-state index contributed by atoms with van der Waals surface area (Å²) in [6.45, 7) is 12.7. The normalized spacial score (nSPS) is 13.0. The molecule has 1 amide bonds. The molecule has 0 bridgehead atoms. The molecule has 3 aromatic rings. The van der Waals surface area contributed by atoms with Crippen LogP contribution in [0.4, 0.5) is 17.1 Å². The third-order valence-corrected chi connectivity index (χ3v) is 4.35. The zero-order chi connectivity index (χ0) is 22.6. The smallest absolute Gasteiger partial charge is 0.228 e. The van der Waals surface area contributed by atoms with Crippen LogP contribution in [0, 0.1) is 0 Å².